The van der Waals surface area contributed by atoms with Crippen LogP contribution in [0.3, 0.4) is 0 Å². The molecule has 1 aliphatic heterocycles. The van der Waals surface area contributed by atoms with Gasteiger partial charge in [0, 0.05) is 5.92 Å². The van der Waals surface area contributed by atoms with Crippen molar-refractivity contribution in [2.75, 3.05) is 0 Å². The molecule has 0 saturated heterocycles. The average molecular weight is 246 g/mol. The summed E-state index contributed by atoms with van der Waals surface area (Å²) >= 11 is 4.05. The second-order valence-electron chi connectivity index (χ2n) is 4.23. The summed E-state index contributed by atoms with van der Waals surface area (Å²) in [5.41, 5.74) is 2.89. The first-order chi connectivity index (χ1) is 7.75. The zero-order valence-electron chi connectivity index (χ0n) is 9.44. The van der Waals surface area contributed by atoms with E-state index >= 15 is 0 Å². The molecule has 1 atom stereocenters. The van der Waals surface area contributed by atoms with E-state index in [0.717, 1.165) is 0 Å². The molecule has 0 fully saturated rings. The quantitative estimate of drug-likeness (QED) is 0.694. The van der Waals surface area contributed by atoms with Gasteiger partial charge >= 0.3 is 0 Å². The van der Waals surface area contributed by atoms with Crippen molar-refractivity contribution in [1.29, 1.82) is 0 Å². The van der Waals surface area contributed by atoms with Crippen LogP contribution in [0.1, 0.15) is 30.9 Å². The highest BCUT2D eigenvalue weighted by Gasteiger charge is 2.31. The molecule has 1 heterocycles. The van der Waals surface area contributed by atoms with Crippen molar-refractivity contribution in [3.8, 4) is 0 Å². The monoisotopic (exact) mass is 246 g/mol. The summed E-state index contributed by atoms with van der Waals surface area (Å²) in [6.07, 6.45) is 4.63. The smallest absolute Gasteiger partial charge is 0.0693 e. The molecule has 2 aliphatic rings. The number of rotatable bonds is 1. The molecule has 1 unspecified atom stereocenters. The van der Waals surface area contributed by atoms with Gasteiger partial charge in [-0.25, -0.2) is 0 Å². The largest absolute Gasteiger partial charge is 0.114 e. The Morgan fingerprint density at radius 2 is 1.69 bits per heavy atom. The summed E-state index contributed by atoms with van der Waals surface area (Å²) in [4.78, 5) is 2.99. The zero-order valence-corrected chi connectivity index (χ0v) is 11.1. The summed E-state index contributed by atoms with van der Waals surface area (Å²) in [5.74, 6) is 0.582. The van der Waals surface area contributed by atoms with E-state index in [4.69, 9.17) is 0 Å². The SMILES string of the molecule is CC1=C(C)SC(C2C=Cc3ccccc32)S1. The Morgan fingerprint density at radius 1 is 1.00 bits per heavy atom. The summed E-state index contributed by atoms with van der Waals surface area (Å²) in [7, 11) is 0. The Hall–Kier alpha value is -0.600. The highest BCUT2D eigenvalue weighted by Crippen LogP contribution is 2.53. The lowest BCUT2D eigenvalue weighted by atomic mass is 10.0. The molecule has 1 aromatic carbocycles. The number of hydrogen-bond acceptors (Lipinski definition) is 2. The topological polar surface area (TPSA) is 0 Å². The molecule has 0 nitrogen and oxygen atoms in total. The molecule has 0 radical (unpaired) electrons. The van der Waals surface area contributed by atoms with Crippen LogP contribution in [-0.4, -0.2) is 4.58 Å². The van der Waals surface area contributed by atoms with E-state index in [-0.39, 0.29) is 0 Å². The summed E-state index contributed by atoms with van der Waals surface area (Å²) < 4.78 is 0.639. The van der Waals surface area contributed by atoms with Crippen LogP contribution in [0.25, 0.3) is 6.08 Å². The van der Waals surface area contributed by atoms with Gasteiger partial charge in [-0.2, -0.15) is 0 Å². The van der Waals surface area contributed by atoms with Gasteiger partial charge in [0.05, 0.1) is 4.58 Å². The molecular formula is C14H14S2. The third-order valence-electron chi connectivity index (χ3n) is 3.21. The second-order valence-corrected chi connectivity index (χ2v) is 7.24. The molecule has 0 amide bonds. The fraction of sp³-hybridized carbons (Fsp3) is 0.286. The number of fused-ring (bicyclic) bond motifs is 1. The van der Waals surface area contributed by atoms with Gasteiger partial charge in [-0.15, -0.1) is 23.5 Å². The molecule has 0 spiro atoms. The van der Waals surface area contributed by atoms with Crippen LogP contribution in [-0.2, 0) is 0 Å². The molecule has 16 heavy (non-hydrogen) atoms. The number of benzene rings is 1. The first-order valence-corrected chi connectivity index (χ1v) is 7.29. The van der Waals surface area contributed by atoms with E-state index in [0.29, 0.717) is 10.5 Å². The number of thioether (sulfide) groups is 2. The highest BCUT2D eigenvalue weighted by molar-refractivity contribution is 8.23. The maximum absolute atomic E-state index is 2.36. The minimum absolute atomic E-state index is 0.582. The molecule has 0 saturated carbocycles. The van der Waals surface area contributed by atoms with Crippen molar-refractivity contribution in [3.63, 3.8) is 0 Å². The van der Waals surface area contributed by atoms with Crippen molar-refractivity contribution in [2.24, 2.45) is 0 Å². The van der Waals surface area contributed by atoms with Crippen LogP contribution in [0.15, 0.2) is 40.2 Å². The second kappa shape index (κ2) is 4.01. The van der Waals surface area contributed by atoms with Crippen molar-refractivity contribution in [1.82, 2.24) is 0 Å². The molecular weight excluding hydrogens is 232 g/mol. The molecule has 3 rings (SSSR count). The summed E-state index contributed by atoms with van der Waals surface area (Å²) in [6.45, 7) is 4.47. The fourth-order valence-electron chi connectivity index (χ4n) is 2.20. The molecule has 1 aromatic rings. The van der Waals surface area contributed by atoms with Gasteiger partial charge in [-0.05, 0) is 34.8 Å². The van der Waals surface area contributed by atoms with Crippen LogP contribution in [0, 0.1) is 0 Å². The van der Waals surface area contributed by atoms with Gasteiger partial charge < -0.3 is 0 Å². The zero-order chi connectivity index (χ0) is 11.1. The van der Waals surface area contributed by atoms with Gasteiger partial charge in [-0.3, -0.25) is 0 Å². The number of hydrogen-bond donors (Lipinski definition) is 0. The van der Waals surface area contributed by atoms with Crippen LogP contribution in [0.4, 0.5) is 0 Å². The van der Waals surface area contributed by atoms with Crippen LogP contribution in [0.2, 0.25) is 0 Å². The molecule has 0 bridgehead atoms. The fourth-order valence-corrected chi connectivity index (χ4v) is 5.34. The maximum Gasteiger partial charge on any atom is 0.0693 e. The normalized spacial score (nSPS) is 24.2. The van der Waals surface area contributed by atoms with Crippen molar-refractivity contribution in [2.45, 2.75) is 24.3 Å². The predicted octanol–water partition coefficient (Wildman–Crippen LogP) is 4.85. The summed E-state index contributed by atoms with van der Waals surface area (Å²) in [6, 6.07) is 8.75. The first-order valence-electron chi connectivity index (χ1n) is 5.53. The number of allylic oxidation sites excluding steroid dienone is 3. The standard InChI is InChI=1S/C14H14S2/c1-9-10(2)16-14(15-9)13-8-7-11-5-3-4-6-12(11)13/h3-8,13-14H,1-2H3. The van der Waals surface area contributed by atoms with Crippen LogP contribution >= 0.6 is 23.5 Å². The van der Waals surface area contributed by atoms with E-state index in [2.05, 4.69) is 50.3 Å². The Balaban J connectivity index is 1.88. The Bertz CT molecular complexity index is 471. The van der Waals surface area contributed by atoms with E-state index in [1.165, 1.54) is 20.9 Å². The third kappa shape index (κ3) is 1.64. The lowest BCUT2D eigenvalue weighted by molar-refractivity contribution is 0.969. The van der Waals surface area contributed by atoms with Gasteiger partial charge in [0.25, 0.3) is 0 Å². The molecule has 0 aromatic heterocycles. The van der Waals surface area contributed by atoms with Gasteiger partial charge in [0.15, 0.2) is 0 Å². The van der Waals surface area contributed by atoms with Gasteiger partial charge in [0.2, 0.25) is 0 Å². The first kappa shape index (κ1) is 10.5. The highest BCUT2D eigenvalue weighted by atomic mass is 32.2. The molecule has 2 heteroatoms. The lowest BCUT2D eigenvalue weighted by Crippen LogP contribution is -2.05. The Kier molecular flexibility index (Phi) is 2.64. The van der Waals surface area contributed by atoms with Crippen LogP contribution < -0.4 is 0 Å². The minimum Gasteiger partial charge on any atom is -0.114 e. The average Bonchev–Trinajstić information content (AvgIpc) is 2.83. The van der Waals surface area contributed by atoms with E-state index < -0.39 is 0 Å². The Labute approximate surface area is 105 Å². The van der Waals surface area contributed by atoms with E-state index in [9.17, 15) is 0 Å². The predicted molar refractivity (Wildman–Crippen MR) is 75.6 cm³/mol. The molecule has 1 aliphatic carbocycles. The summed E-state index contributed by atoms with van der Waals surface area (Å²) in [5, 5.41) is 0. The van der Waals surface area contributed by atoms with Crippen LogP contribution in [0.5, 0.6) is 0 Å². The van der Waals surface area contributed by atoms with E-state index in [1.54, 1.807) is 0 Å². The molecule has 0 N–H and O–H groups in total. The molecule has 82 valence electrons. The Morgan fingerprint density at radius 3 is 2.44 bits per heavy atom. The van der Waals surface area contributed by atoms with Gasteiger partial charge in [0.1, 0.15) is 0 Å². The lowest BCUT2D eigenvalue weighted by Gasteiger charge is -2.17. The maximum atomic E-state index is 2.36. The van der Waals surface area contributed by atoms with Crippen molar-refractivity contribution in [3.05, 3.63) is 51.3 Å². The van der Waals surface area contributed by atoms with E-state index in [1.807, 2.05) is 23.5 Å². The third-order valence-corrected chi connectivity index (χ3v) is 6.29. The van der Waals surface area contributed by atoms with Crippen molar-refractivity contribution >= 4 is 29.6 Å². The van der Waals surface area contributed by atoms with Gasteiger partial charge in [-0.1, -0.05) is 36.4 Å². The van der Waals surface area contributed by atoms with Crippen molar-refractivity contribution < 1.29 is 0 Å². The minimum atomic E-state index is 0.582.